The van der Waals surface area contributed by atoms with Gasteiger partial charge in [-0.3, -0.25) is 4.79 Å². The molecule has 0 saturated carbocycles. The third-order valence-corrected chi connectivity index (χ3v) is 4.55. The summed E-state index contributed by atoms with van der Waals surface area (Å²) in [5, 5.41) is 2.52. The second-order valence-electron chi connectivity index (χ2n) is 6.29. The van der Waals surface area contributed by atoms with Crippen LogP contribution < -0.4 is 14.8 Å². The lowest BCUT2D eigenvalue weighted by molar-refractivity contribution is -0.286. The molecule has 1 aliphatic heterocycles. The first-order valence-electron chi connectivity index (χ1n) is 8.38. The molecule has 30 heavy (non-hydrogen) atoms. The van der Waals surface area contributed by atoms with Gasteiger partial charge in [0.05, 0.1) is 16.8 Å². The first-order valence-corrected chi connectivity index (χ1v) is 8.76. The van der Waals surface area contributed by atoms with Gasteiger partial charge in [-0.25, -0.2) is 13.8 Å². The number of fused-ring (bicyclic) bond motifs is 1. The number of pyridine rings is 1. The van der Waals surface area contributed by atoms with Crippen LogP contribution in [0.4, 0.5) is 23.4 Å². The predicted molar refractivity (Wildman–Crippen MR) is 97.2 cm³/mol. The summed E-state index contributed by atoms with van der Waals surface area (Å²) < 4.78 is 65.9. The molecule has 0 aliphatic carbocycles. The summed E-state index contributed by atoms with van der Waals surface area (Å²) in [6.45, 7) is 1.46. The van der Waals surface area contributed by atoms with Gasteiger partial charge in [0.2, 0.25) is 0 Å². The fourth-order valence-electron chi connectivity index (χ4n) is 2.91. The number of alkyl halides is 4. The molecule has 3 heterocycles. The van der Waals surface area contributed by atoms with Crippen LogP contribution in [0.15, 0.2) is 41.1 Å². The molecular formula is C19H11ClF4N2O4. The van der Waals surface area contributed by atoms with Gasteiger partial charge in [0.15, 0.2) is 17.3 Å². The van der Waals surface area contributed by atoms with Crippen LogP contribution in [0.25, 0.3) is 11.1 Å². The van der Waals surface area contributed by atoms with Crippen LogP contribution in [0.3, 0.4) is 0 Å². The molecule has 0 spiro atoms. The number of nitrogens with one attached hydrogen (secondary N) is 1. The Morgan fingerprint density at radius 3 is 2.53 bits per heavy atom. The van der Waals surface area contributed by atoms with Crippen LogP contribution >= 0.6 is 11.6 Å². The van der Waals surface area contributed by atoms with E-state index in [4.69, 9.17) is 16.0 Å². The van der Waals surface area contributed by atoms with Gasteiger partial charge in [0, 0.05) is 29.0 Å². The van der Waals surface area contributed by atoms with Crippen LogP contribution in [-0.2, 0) is 0 Å². The average molecular weight is 443 g/mol. The van der Waals surface area contributed by atoms with Gasteiger partial charge in [-0.1, -0.05) is 11.6 Å². The molecule has 156 valence electrons. The summed E-state index contributed by atoms with van der Waals surface area (Å²) >= 11 is 6.13. The Balaban J connectivity index is 1.56. The minimum atomic E-state index is -3.78. The third-order valence-electron chi connectivity index (χ3n) is 4.24. The molecule has 0 radical (unpaired) electrons. The number of furan rings is 1. The van der Waals surface area contributed by atoms with Crippen molar-refractivity contribution in [2.45, 2.75) is 19.6 Å². The molecule has 6 nitrogen and oxygen atoms in total. The summed E-state index contributed by atoms with van der Waals surface area (Å²) in [5.74, 6) is -1.85. The molecule has 3 aromatic rings. The van der Waals surface area contributed by atoms with Crippen molar-refractivity contribution < 1.29 is 36.2 Å². The number of carbonyl (C=O) groups excluding carboxylic acids is 1. The lowest BCUT2D eigenvalue weighted by atomic mass is 10.1. The number of ether oxygens (including phenoxy) is 2. The zero-order valence-corrected chi connectivity index (χ0v) is 15.8. The van der Waals surface area contributed by atoms with Crippen LogP contribution in [0.5, 0.6) is 11.5 Å². The quantitative estimate of drug-likeness (QED) is 0.516. The SMILES string of the molecule is Cc1coc(C(F)F)c1C(=O)Nc1ccc(-c2cc3c(cc2Cl)OC(F)(F)O3)cn1. The highest BCUT2D eigenvalue weighted by molar-refractivity contribution is 6.33. The molecule has 0 bridgehead atoms. The topological polar surface area (TPSA) is 73.6 Å². The summed E-state index contributed by atoms with van der Waals surface area (Å²) in [4.78, 5) is 16.4. The molecule has 0 unspecified atom stereocenters. The van der Waals surface area contributed by atoms with Crippen molar-refractivity contribution in [1.29, 1.82) is 0 Å². The number of rotatable bonds is 4. The third kappa shape index (κ3) is 3.65. The van der Waals surface area contributed by atoms with E-state index in [1.807, 2.05) is 0 Å². The number of amides is 1. The van der Waals surface area contributed by atoms with Crippen LogP contribution in [0.2, 0.25) is 5.02 Å². The molecule has 11 heteroatoms. The normalized spacial score (nSPS) is 14.2. The number of anilines is 1. The van der Waals surface area contributed by atoms with Crippen molar-refractivity contribution in [1.82, 2.24) is 4.98 Å². The molecule has 1 amide bonds. The van der Waals surface area contributed by atoms with Crippen molar-refractivity contribution in [2.24, 2.45) is 0 Å². The van der Waals surface area contributed by atoms with Crippen molar-refractivity contribution >= 4 is 23.3 Å². The molecular weight excluding hydrogens is 432 g/mol. The number of nitrogens with zero attached hydrogens (tertiary/aromatic N) is 1. The zero-order chi connectivity index (χ0) is 21.6. The number of hydrogen-bond acceptors (Lipinski definition) is 5. The van der Waals surface area contributed by atoms with Gasteiger partial charge < -0.3 is 19.2 Å². The smallest absolute Gasteiger partial charge is 0.462 e. The molecule has 1 aromatic carbocycles. The summed E-state index contributed by atoms with van der Waals surface area (Å²) in [7, 11) is 0. The molecule has 0 saturated heterocycles. The Hall–Kier alpha value is -3.27. The van der Waals surface area contributed by atoms with Gasteiger partial charge in [-0.05, 0) is 25.1 Å². The van der Waals surface area contributed by atoms with Gasteiger partial charge in [0.25, 0.3) is 12.3 Å². The number of hydrogen-bond donors (Lipinski definition) is 1. The number of aromatic nitrogens is 1. The maximum absolute atomic E-state index is 13.2. The maximum Gasteiger partial charge on any atom is 0.586 e. The fraction of sp³-hybridized carbons (Fsp3) is 0.158. The zero-order valence-electron chi connectivity index (χ0n) is 15.0. The summed E-state index contributed by atoms with van der Waals surface area (Å²) in [5.41, 5.74) is 0.763. The molecule has 1 N–H and O–H groups in total. The standard InChI is InChI=1S/C19H11ClF4N2O4/c1-8-7-28-16(17(21)22)15(8)18(27)26-14-3-2-9(6-25-14)10-4-12-13(5-11(10)20)30-19(23,24)29-12/h2-7,17H,1H3,(H,25,26,27). The lowest BCUT2D eigenvalue weighted by Crippen LogP contribution is -2.25. The Labute approximate surface area is 171 Å². The summed E-state index contributed by atoms with van der Waals surface area (Å²) in [6.07, 6.45) is -4.33. The van der Waals surface area contributed by atoms with E-state index in [9.17, 15) is 22.4 Å². The van der Waals surface area contributed by atoms with E-state index >= 15 is 0 Å². The van der Waals surface area contributed by atoms with E-state index < -0.39 is 24.4 Å². The van der Waals surface area contributed by atoms with Gasteiger partial charge in [-0.15, -0.1) is 8.78 Å². The van der Waals surface area contributed by atoms with Gasteiger partial charge >= 0.3 is 6.29 Å². The van der Waals surface area contributed by atoms with E-state index in [0.717, 1.165) is 6.26 Å². The van der Waals surface area contributed by atoms with Crippen molar-refractivity contribution in [3.05, 3.63) is 58.6 Å². The highest BCUT2D eigenvalue weighted by atomic mass is 35.5. The lowest BCUT2D eigenvalue weighted by Gasteiger charge is -2.08. The largest absolute Gasteiger partial charge is 0.586 e. The molecule has 4 rings (SSSR count). The Bertz CT molecular complexity index is 1130. The number of carbonyl (C=O) groups is 1. The van der Waals surface area contributed by atoms with Crippen molar-refractivity contribution in [3.63, 3.8) is 0 Å². The van der Waals surface area contributed by atoms with Crippen molar-refractivity contribution in [3.8, 4) is 22.6 Å². The monoisotopic (exact) mass is 442 g/mol. The Morgan fingerprint density at radius 1 is 1.20 bits per heavy atom. The van der Waals surface area contributed by atoms with Gasteiger partial charge in [-0.2, -0.15) is 0 Å². The minimum absolute atomic E-state index is 0.0768. The highest BCUT2D eigenvalue weighted by Gasteiger charge is 2.43. The van der Waals surface area contributed by atoms with Crippen molar-refractivity contribution in [2.75, 3.05) is 5.32 Å². The van der Waals surface area contributed by atoms with E-state index in [-0.39, 0.29) is 33.5 Å². The first kappa shape index (κ1) is 20.0. The number of benzene rings is 1. The maximum atomic E-state index is 13.2. The highest BCUT2D eigenvalue weighted by Crippen LogP contribution is 2.46. The minimum Gasteiger partial charge on any atom is -0.462 e. The second-order valence-corrected chi connectivity index (χ2v) is 6.70. The first-order chi connectivity index (χ1) is 14.1. The Morgan fingerprint density at radius 2 is 1.90 bits per heavy atom. The molecule has 2 aromatic heterocycles. The van der Waals surface area contributed by atoms with E-state index in [1.54, 1.807) is 0 Å². The van der Waals surface area contributed by atoms with Crippen LogP contribution in [-0.4, -0.2) is 17.2 Å². The van der Waals surface area contributed by atoms with E-state index in [0.29, 0.717) is 11.1 Å². The number of aryl methyl sites for hydroxylation is 1. The molecule has 0 atom stereocenters. The van der Waals surface area contributed by atoms with E-state index in [1.165, 1.54) is 37.4 Å². The summed E-state index contributed by atoms with van der Waals surface area (Å²) in [6, 6.07) is 5.38. The Kier molecular flexibility index (Phi) is 4.81. The van der Waals surface area contributed by atoms with Crippen LogP contribution in [0.1, 0.15) is 28.1 Å². The number of halogens is 5. The van der Waals surface area contributed by atoms with Crippen LogP contribution in [0, 0.1) is 6.92 Å². The molecule has 1 aliphatic rings. The second kappa shape index (κ2) is 7.21. The average Bonchev–Trinajstić information content (AvgIpc) is 3.19. The van der Waals surface area contributed by atoms with E-state index in [2.05, 4.69) is 19.8 Å². The molecule has 0 fully saturated rings. The fourth-order valence-corrected chi connectivity index (χ4v) is 3.18. The predicted octanol–water partition coefficient (Wildman–Crippen LogP) is 5.81. The van der Waals surface area contributed by atoms with Gasteiger partial charge in [0.1, 0.15) is 5.82 Å².